The van der Waals surface area contributed by atoms with Gasteiger partial charge < -0.3 is 28.8 Å². The lowest BCUT2D eigenvalue weighted by Gasteiger charge is -2.30. The Morgan fingerprint density at radius 2 is 1.50 bits per heavy atom. The number of carbonyl (C=O) groups is 1. The summed E-state index contributed by atoms with van der Waals surface area (Å²) in [7, 11) is 1.29. The molecule has 0 aliphatic heterocycles. The quantitative estimate of drug-likeness (QED) is 0.147. The molecule has 9 heteroatoms. The van der Waals surface area contributed by atoms with Gasteiger partial charge in [0.2, 0.25) is 5.91 Å². The molecule has 1 amide bonds. The standard InChI is InChI=1S/C23H49N2O6P/c1-6-8-9-10-11-12-13-14-15-16-17-22(26)21(24-23(27)7-2)20-31-32(28,29)30-19-18-25(3,4)5/h21-22,26H,6-20H2,1-5H3,(H-,24,27,28,29). The van der Waals surface area contributed by atoms with Crippen molar-refractivity contribution in [1.82, 2.24) is 5.32 Å². The summed E-state index contributed by atoms with van der Waals surface area (Å²) in [6, 6.07) is -0.787. The Kier molecular flexibility index (Phi) is 17.6. The fourth-order valence-corrected chi connectivity index (χ4v) is 3.96. The summed E-state index contributed by atoms with van der Waals surface area (Å²) in [5.74, 6) is -0.257. The maximum absolute atomic E-state index is 12.0. The van der Waals surface area contributed by atoms with Crippen LogP contribution in [-0.2, 0) is 18.4 Å². The number of carbonyl (C=O) groups excluding carboxylic acids is 1. The Hall–Kier alpha value is -0.500. The lowest BCUT2D eigenvalue weighted by Crippen LogP contribution is -2.46. The molecule has 192 valence electrons. The van der Waals surface area contributed by atoms with Gasteiger partial charge in [0, 0.05) is 6.42 Å². The van der Waals surface area contributed by atoms with Crippen molar-refractivity contribution in [2.45, 2.75) is 103 Å². The fraction of sp³-hybridized carbons (Fsp3) is 0.957. The van der Waals surface area contributed by atoms with Crippen molar-refractivity contribution < 1.29 is 32.9 Å². The molecule has 2 N–H and O–H groups in total. The van der Waals surface area contributed by atoms with Gasteiger partial charge in [0.25, 0.3) is 7.82 Å². The number of rotatable bonds is 21. The highest BCUT2D eigenvalue weighted by Crippen LogP contribution is 2.38. The second-order valence-corrected chi connectivity index (χ2v) is 11.1. The molecule has 0 rings (SSSR count). The third-order valence-corrected chi connectivity index (χ3v) is 6.37. The molecule has 8 nitrogen and oxygen atoms in total. The Morgan fingerprint density at radius 3 is 2.00 bits per heavy atom. The van der Waals surface area contributed by atoms with Crippen LogP contribution in [-0.4, -0.2) is 68.5 Å². The highest BCUT2D eigenvalue weighted by atomic mass is 31.2. The lowest BCUT2D eigenvalue weighted by molar-refractivity contribution is -0.870. The number of phosphoric ester groups is 1. The van der Waals surface area contributed by atoms with Crippen molar-refractivity contribution in [3.05, 3.63) is 0 Å². The van der Waals surface area contributed by atoms with Crippen molar-refractivity contribution in [1.29, 1.82) is 0 Å². The Morgan fingerprint density at radius 1 is 0.969 bits per heavy atom. The molecule has 0 saturated carbocycles. The molecule has 0 aliphatic rings. The molecule has 32 heavy (non-hydrogen) atoms. The van der Waals surface area contributed by atoms with E-state index in [-0.39, 0.29) is 25.5 Å². The van der Waals surface area contributed by atoms with Crippen molar-refractivity contribution in [3.8, 4) is 0 Å². The van der Waals surface area contributed by atoms with E-state index >= 15 is 0 Å². The lowest BCUT2D eigenvalue weighted by atomic mass is 10.0. The van der Waals surface area contributed by atoms with Crippen LogP contribution in [0.2, 0.25) is 0 Å². The molecule has 0 saturated heterocycles. The van der Waals surface area contributed by atoms with Gasteiger partial charge in [-0.1, -0.05) is 78.1 Å². The topological polar surface area (TPSA) is 108 Å². The molecule has 0 aliphatic carbocycles. The minimum Gasteiger partial charge on any atom is -0.756 e. The summed E-state index contributed by atoms with van der Waals surface area (Å²) in [5, 5.41) is 13.2. The van der Waals surface area contributed by atoms with E-state index < -0.39 is 20.0 Å². The molecule has 0 spiro atoms. The number of quaternary nitrogens is 1. The van der Waals surface area contributed by atoms with Gasteiger partial charge in [-0.3, -0.25) is 9.36 Å². The van der Waals surface area contributed by atoms with E-state index in [0.29, 0.717) is 17.4 Å². The highest BCUT2D eigenvalue weighted by Gasteiger charge is 2.23. The number of unbranched alkanes of at least 4 members (excludes halogenated alkanes) is 9. The number of aliphatic hydroxyl groups excluding tert-OH is 1. The molecule has 0 radical (unpaired) electrons. The smallest absolute Gasteiger partial charge is 0.268 e. The number of nitrogens with zero attached hydrogens (tertiary/aromatic N) is 1. The van der Waals surface area contributed by atoms with E-state index in [0.717, 1.165) is 19.3 Å². The SMILES string of the molecule is CCCCCCCCCCCCC(O)C(COP(=O)([O-])OCC[N+](C)(C)C)NC(=O)CC. The maximum atomic E-state index is 12.0. The number of amides is 1. The minimum atomic E-state index is -4.50. The van der Waals surface area contributed by atoms with E-state index in [4.69, 9.17) is 9.05 Å². The third kappa shape index (κ3) is 19.0. The molecular formula is C23H49N2O6P. The van der Waals surface area contributed by atoms with Crippen LogP contribution in [0.15, 0.2) is 0 Å². The molecule has 0 aromatic rings. The van der Waals surface area contributed by atoms with Crippen LogP contribution in [0.5, 0.6) is 0 Å². The van der Waals surface area contributed by atoms with Gasteiger partial charge >= 0.3 is 0 Å². The van der Waals surface area contributed by atoms with E-state index in [1.54, 1.807) is 6.92 Å². The van der Waals surface area contributed by atoms with Gasteiger partial charge in [0.15, 0.2) is 0 Å². The number of nitrogens with one attached hydrogen (secondary N) is 1. The highest BCUT2D eigenvalue weighted by molar-refractivity contribution is 7.45. The van der Waals surface area contributed by atoms with Crippen LogP contribution < -0.4 is 10.2 Å². The first kappa shape index (κ1) is 31.5. The molecule has 3 atom stereocenters. The largest absolute Gasteiger partial charge is 0.756 e. The molecule has 0 heterocycles. The summed E-state index contributed by atoms with van der Waals surface area (Å²) in [6.45, 7) is 4.11. The second kappa shape index (κ2) is 17.9. The number of aliphatic hydroxyl groups is 1. The summed E-state index contributed by atoms with van der Waals surface area (Å²) in [6.07, 6.45) is 11.8. The van der Waals surface area contributed by atoms with Crippen molar-refractivity contribution >= 4 is 13.7 Å². The number of hydrogen-bond donors (Lipinski definition) is 2. The fourth-order valence-electron chi connectivity index (χ4n) is 3.24. The van der Waals surface area contributed by atoms with E-state index in [1.165, 1.54) is 44.9 Å². The summed E-state index contributed by atoms with van der Waals surface area (Å²) >= 11 is 0. The first-order valence-electron chi connectivity index (χ1n) is 12.4. The van der Waals surface area contributed by atoms with Gasteiger partial charge in [-0.05, 0) is 6.42 Å². The molecule has 0 bridgehead atoms. The van der Waals surface area contributed by atoms with Crippen LogP contribution in [0.1, 0.15) is 90.9 Å². The van der Waals surface area contributed by atoms with Crippen LogP contribution in [0.4, 0.5) is 0 Å². The van der Waals surface area contributed by atoms with Crippen LogP contribution >= 0.6 is 7.82 Å². The number of likely N-dealkylation sites (N-methyl/N-ethyl adjacent to an activating group) is 1. The first-order chi connectivity index (χ1) is 15.0. The molecule has 0 aromatic heterocycles. The number of phosphoric acid groups is 1. The van der Waals surface area contributed by atoms with Gasteiger partial charge in [0.1, 0.15) is 13.2 Å². The molecule has 0 aromatic carbocycles. The predicted octanol–water partition coefficient (Wildman–Crippen LogP) is 3.76. The van der Waals surface area contributed by atoms with Crippen molar-refractivity contribution in [2.75, 3.05) is 40.9 Å². The zero-order valence-corrected chi connectivity index (χ0v) is 22.0. The normalized spacial score (nSPS) is 15.8. The molecule has 3 unspecified atom stereocenters. The minimum absolute atomic E-state index is 0.0113. The van der Waals surface area contributed by atoms with E-state index in [2.05, 4.69) is 12.2 Å². The predicted molar refractivity (Wildman–Crippen MR) is 127 cm³/mol. The Balaban J connectivity index is 4.30. The monoisotopic (exact) mass is 480 g/mol. The van der Waals surface area contributed by atoms with Crippen molar-refractivity contribution in [2.24, 2.45) is 0 Å². The van der Waals surface area contributed by atoms with Crippen LogP contribution in [0.3, 0.4) is 0 Å². The van der Waals surface area contributed by atoms with Crippen LogP contribution in [0, 0.1) is 0 Å². The Bertz CT molecular complexity index is 527. The van der Waals surface area contributed by atoms with E-state index in [9.17, 15) is 19.4 Å². The maximum Gasteiger partial charge on any atom is 0.268 e. The first-order valence-corrected chi connectivity index (χ1v) is 13.8. The molecule has 0 fully saturated rings. The molecular weight excluding hydrogens is 431 g/mol. The van der Waals surface area contributed by atoms with Gasteiger partial charge in [-0.25, -0.2) is 0 Å². The van der Waals surface area contributed by atoms with Gasteiger partial charge in [-0.2, -0.15) is 0 Å². The van der Waals surface area contributed by atoms with Gasteiger partial charge in [-0.15, -0.1) is 0 Å². The van der Waals surface area contributed by atoms with Crippen molar-refractivity contribution in [3.63, 3.8) is 0 Å². The Labute approximate surface area is 196 Å². The zero-order chi connectivity index (χ0) is 24.5. The number of hydrogen-bond acceptors (Lipinski definition) is 6. The summed E-state index contributed by atoms with van der Waals surface area (Å²) < 4.78 is 22.5. The van der Waals surface area contributed by atoms with E-state index in [1.807, 2.05) is 21.1 Å². The summed E-state index contributed by atoms with van der Waals surface area (Å²) in [5.41, 5.74) is 0. The van der Waals surface area contributed by atoms with Gasteiger partial charge in [0.05, 0.1) is 39.9 Å². The van der Waals surface area contributed by atoms with Crippen LogP contribution in [0.25, 0.3) is 0 Å². The average molecular weight is 481 g/mol. The third-order valence-electron chi connectivity index (χ3n) is 5.41. The zero-order valence-electron chi connectivity index (χ0n) is 21.1. The second-order valence-electron chi connectivity index (χ2n) is 9.66. The average Bonchev–Trinajstić information content (AvgIpc) is 2.70. The summed E-state index contributed by atoms with van der Waals surface area (Å²) in [4.78, 5) is 23.8.